The summed E-state index contributed by atoms with van der Waals surface area (Å²) in [6, 6.07) is 6.86. The molecule has 0 unspecified atom stereocenters. The van der Waals surface area contributed by atoms with E-state index >= 15 is 0 Å². The molecule has 5 nitrogen and oxygen atoms in total. The quantitative estimate of drug-likeness (QED) is 0.800. The zero-order valence-electron chi connectivity index (χ0n) is 12.1. The van der Waals surface area contributed by atoms with Crippen LogP contribution in [-0.4, -0.2) is 41.5 Å². The van der Waals surface area contributed by atoms with E-state index in [2.05, 4.69) is 5.32 Å². The second-order valence-corrected chi connectivity index (χ2v) is 4.50. The van der Waals surface area contributed by atoms with E-state index in [1.807, 2.05) is 6.92 Å². The second kappa shape index (κ2) is 8.32. The topological polar surface area (TPSA) is 69.6 Å². The van der Waals surface area contributed by atoms with Crippen molar-refractivity contribution in [1.29, 1.82) is 0 Å². The number of amides is 2. The van der Waals surface area contributed by atoms with Gasteiger partial charge in [-0.15, -0.1) is 0 Å². The minimum Gasteiger partial charge on any atom is -0.395 e. The number of nitrogens with one attached hydrogen (secondary N) is 1. The molecule has 0 bridgehead atoms. The molecule has 2 N–H and O–H groups in total. The number of benzene rings is 1. The van der Waals surface area contributed by atoms with Gasteiger partial charge in [-0.3, -0.25) is 9.59 Å². The van der Waals surface area contributed by atoms with Crippen molar-refractivity contribution in [2.45, 2.75) is 26.7 Å². The Labute approximate surface area is 119 Å². The third-order valence-electron chi connectivity index (χ3n) is 2.87. The van der Waals surface area contributed by atoms with E-state index < -0.39 is 0 Å². The molecular weight excluding hydrogens is 256 g/mol. The van der Waals surface area contributed by atoms with Gasteiger partial charge in [0.15, 0.2) is 0 Å². The maximum absolute atomic E-state index is 12.3. The average molecular weight is 278 g/mol. The van der Waals surface area contributed by atoms with Crippen LogP contribution in [0.3, 0.4) is 0 Å². The van der Waals surface area contributed by atoms with Gasteiger partial charge < -0.3 is 15.3 Å². The predicted octanol–water partition coefficient (Wildman–Crippen LogP) is 1.88. The summed E-state index contributed by atoms with van der Waals surface area (Å²) in [5.74, 6) is -0.219. The van der Waals surface area contributed by atoms with E-state index in [1.165, 1.54) is 0 Å². The largest absolute Gasteiger partial charge is 0.395 e. The van der Waals surface area contributed by atoms with Crippen LogP contribution in [0.15, 0.2) is 24.3 Å². The van der Waals surface area contributed by atoms with Crippen LogP contribution < -0.4 is 5.32 Å². The third kappa shape index (κ3) is 4.66. The molecule has 0 saturated carbocycles. The van der Waals surface area contributed by atoms with Crippen LogP contribution >= 0.6 is 0 Å². The number of carbonyl (C=O) groups excluding carboxylic acids is 2. The lowest BCUT2D eigenvalue weighted by molar-refractivity contribution is -0.115. The maximum atomic E-state index is 12.3. The van der Waals surface area contributed by atoms with Crippen LogP contribution in [0.5, 0.6) is 0 Å². The number of aliphatic hydroxyl groups excluding tert-OH is 1. The molecule has 0 fully saturated rings. The van der Waals surface area contributed by atoms with E-state index in [1.54, 1.807) is 36.1 Å². The molecule has 0 aliphatic carbocycles. The summed E-state index contributed by atoms with van der Waals surface area (Å²) in [5.41, 5.74) is 1.13. The monoisotopic (exact) mass is 278 g/mol. The van der Waals surface area contributed by atoms with Gasteiger partial charge in [0, 0.05) is 30.8 Å². The van der Waals surface area contributed by atoms with Crippen LogP contribution in [-0.2, 0) is 4.79 Å². The molecule has 0 radical (unpaired) electrons. The molecule has 20 heavy (non-hydrogen) atoms. The van der Waals surface area contributed by atoms with E-state index in [0.717, 1.165) is 6.42 Å². The van der Waals surface area contributed by atoms with Crippen molar-refractivity contribution >= 4 is 17.5 Å². The molecule has 5 heteroatoms. The van der Waals surface area contributed by atoms with E-state index in [9.17, 15) is 9.59 Å². The van der Waals surface area contributed by atoms with Crippen molar-refractivity contribution < 1.29 is 14.7 Å². The first-order valence-corrected chi connectivity index (χ1v) is 6.92. The van der Waals surface area contributed by atoms with Crippen LogP contribution in [0.1, 0.15) is 37.0 Å². The van der Waals surface area contributed by atoms with Crippen molar-refractivity contribution in [3.05, 3.63) is 29.8 Å². The van der Waals surface area contributed by atoms with Crippen LogP contribution in [0, 0.1) is 0 Å². The lowest BCUT2D eigenvalue weighted by atomic mass is 10.1. The molecule has 0 aromatic heterocycles. The SMILES string of the molecule is CCCN(CCO)C(=O)c1cccc(NC(=O)CC)c1. The number of aliphatic hydroxyl groups is 1. The standard InChI is InChI=1S/C15H22N2O3/c1-3-8-17(9-10-18)15(20)12-6-5-7-13(11-12)16-14(19)4-2/h5-7,11,18H,3-4,8-10H2,1-2H3,(H,16,19). The highest BCUT2D eigenvalue weighted by molar-refractivity contribution is 5.97. The highest BCUT2D eigenvalue weighted by Crippen LogP contribution is 2.13. The first kappa shape index (κ1) is 16.2. The summed E-state index contributed by atoms with van der Waals surface area (Å²) in [4.78, 5) is 25.3. The molecule has 0 saturated heterocycles. The Morgan fingerprint density at radius 3 is 2.60 bits per heavy atom. The van der Waals surface area contributed by atoms with Gasteiger partial charge in [-0.25, -0.2) is 0 Å². The molecule has 1 rings (SSSR count). The zero-order chi connectivity index (χ0) is 15.0. The van der Waals surface area contributed by atoms with Crippen molar-refractivity contribution in [3.8, 4) is 0 Å². The highest BCUT2D eigenvalue weighted by Gasteiger charge is 2.15. The molecule has 1 aromatic rings. The van der Waals surface area contributed by atoms with E-state index in [4.69, 9.17) is 5.11 Å². The second-order valence-electron chi connectivity index (χ2n) is 4.50. The fourth-order valence-corrected chi connectivity index (χ4v) is 1.87. The summed E-state index contributed by atoms with van der Waals surface area (Å²) >= 11 is 0. The Morgan fingerprint density at radius 1 is 1.25 bits per heavy atom. The van der Waals surface area contributed by atoms with Gasteiger partial charge in [0.25, 0.3) is 5.91 Å². The highest BCUT2D eigenvalue weighted by atomic mass is 16.3. The Bertz CT molecular complexity index is 454. The van der Waals surface area contributed by atoms with Gasteiger partial charge in [0.05, 0.1) is 6.61 Å². The molecule has 1 aromatic carbocycles. The molecule has 110 valence electrons. The van der Waals surface area contributed by atoms with Crippen molar-refractivity contribution in [2.75, 3.05) is 25.0 Å². The number of hydrogen-bond acceptors (Lipinski definition) is 3. The fourth-order valence-electron chi connectivity index (χ4n) is 1.87. The average Bonchev–Trinajstić information content (AvgIpc) is 2.46. The van der Waals surface area contributed by atoms with Crippen molar-refractivity contribution in [3.63, 3.8) is 0 Å². The number of nitrogens with zero attached hydrogens (tertiary/aromatic N) is 1. The van der Waals surface area contributed by atoms with Crippen LogP contribution in [0.4, 0.5) is 5.69 Å². The van der Waals surface area contributed by atoms with Crippen molar-refractivity contribution in [1.82, 2.24) is 4.90 Å². The van der Waals surface area contributed by atoms with E-state index in [0.29, 0.717) is 30.8 Å². The van der Waals surface area contributed by atoms with Gasteiger partial charge >= 0.3 is 0 Å². The smallest absolute Gasteiger partial charge is 0.254 e. The summed E-state index contributed by atoms with van der Waals surface area (Å²) in [6.07, 6.45) is 1.22. The lowest BCUT2D eigenvalue weighted by Gasteiger charge is -2.21. The van der Waals surface area contributed by atoms with Crippen molar-refractivity contribution in [2.24, 2.45) is 0 Å². The maximum Gasteiger partial charge on any atom is 0.254 e. The minimum absolute atomic E-state index is 0.0575. The molecule has 0 aliphatic heterocycles. The van der Waals surface area contributed by atoms with Crippen LogP contribution in [0.2, 0.25) is 0 Å². The summed E-state index contributed by atoms with van der Waals surface area (Å²) in [7, 11) is 0. The normalized spacial score (nSPS) is 10.2. The number of hydrogen-bond donors (Lipinski definition) is 2. The first-order chi connectivity index (χ1) is 9.62. The first-order valence-electron chi connectivity index (χ1n) is 6.92. The molecule has 0 heterocycles. The predicted molar refractivity (Wildman–Crippen MR) is 78.6 cm³/mol. The summed E-state index contributed by atoms with van der Waals surface area (Å²) in [6.45, 7) is 4.62. The lowest BCUT2D eigenvalue weighted by Crippen LogP contribution is -2.34. The van der Waals surface area contributed by atoms with E-state index in [-0.39, 0.29) is 18.4 Å². The molecule has 2 amide bonds. The summed E-state index contributed by atoms with van der Waals surface area (Å²) in [5, 5.41) is 11.7. The number of anilines is 1. The minimum atomic E-state index is -0.131. The Morgan fingerprint density at radius 2 is 2.00 bits per heavy atom. The Kier molecular flexibility index (Phi) is 6.73. The molecular formula is C15H22N2O3. The van der Waals surface area contributed by atoms with Gasteiger partial charge in [0.2, 0.25) is 5.91 Å². The number of rotatable bonds is 7. The van der Waals surface area contributed by atoms with Gasteiger partial charge in [-0.1, -0.05) is 19.9 Å². The van der Waals surface area contributed by atoms with Gasteiger partial charge in [0.1, 0.15) is 0 Å². The Hall–Kier alpha value is -1.88. The Balaban J connectivity index is 2.86. The van der Waals surface area contributed by atoms with Crippen LogP contribution in [0.25, 0.3) is 0 Å². The van der Waals surface area contributed by atoms with Gasteiger partial charge in [-0.2, -0.15) is 0 Å². The summed E-state index contributed by atoms with van der Waals surface area (Å²) < 4.78 is 0. The molecule has 0 aliphatic rings. The fraction of sp³-hybridized carbons (Fsp3) is 0.467. The van der Waals surface area contributed by atoms with Gasteiger partial charge in [-0.05, 0) is 24.6 Å². The molecule has 0 atom stereocenters. The molecule has 0 spiro atoms. The number of carbonyl (C=O) groups is 2. The zero-order valence-corrected chi connectivity index (χ0v) is 12.1. The third-order valence-corrected chi connectivity index (χ3v) is 2.87.